The van der Waals surface area contributed by atoms with Crippen LogP contribution >= 0.6 is 35.6 Å². The number of ether oxygens (including phenoxy) is 1. The van der Waals surface area contributed by atoms with Gasteiger partial charge in [0.2, 0.25) is 0 Å². The normalized spacial score (nSPS) is 24.0. The van der Waals surface area contributed by atoms with E-state index in [2.05, 4.69) is 20.5 Å². The molecular weight excluding hydrogens is 515 g/mol. The minimum atomic E-state index is -2.85. The second kappa shape index (κ2) is 10.2. The molecule has 0 saturated carbocycles. The van der Waals surface area contributed by atoms with Crippen molar-refractivity contribution in [3.8, 4) is 5.75 Å². The van der Waals surface area contributed by atoms with Gasteiger partial charge in [-0.1, -0.05) is 11.6 Å². The fourth-order valence-corrected chi connectivity index (χ4v) is 5.70. The van der Waals surface area contributed by atoms with Gasteiger partial charge in [-0.3, -0.25) is 4.99 Å². The Kier molecular flexibility index (Phi) is 8.50. The molecule has 0 radical (unpaired) electrons. The molecule has 0 aromatic heterocycles. The van der Waals surface area contributed by atoms with Crippen LogP contribution in [0.25, 0.3) is 0 Å². The molecule has 2 unspecified atom stereocenters. The van der Waals surface area contributed by atoms with Gasteiger partial charge in [0.1, 0.15) is 5.75 Å². The first-order valence-corrected chi connectivity index (χ1v) is 11.4. The Balaban J connectivity index is 0.00000280. The van der Waals surface area contributed by atoms with Gasteiger partial charge >= 0.3 is 0 Å². The van der Waals surface area contributed by atoms with Gasteiger partial charge in [0.25, 0.3) is 0 Å². The Morgan fingerprint density at radius 1 is 1.39 bits per heavy atom. The molecule has 2 fully saturated rings. The van der Waals surface area contributed by atoms with Crippen molar-refractivity contribution in [2.45, 2.75) is 18.9 Å². The molecule has 1 aromatic carbocycles. The third-order valence-electron chi connectivity index (χ3n) is 5.12. The predicted octanol–water partition coefficient (Wildman–Crippen LogP) is 2.15. The monoisotopic (exact) mass is 542 g/mol. The summed E-state index contributed by atoms with van der Waals surface area (Å²) in [7, 11) is 0.540. The largest absolute Gasteiger partial charge is 0.495 e. The first kappa shape index (κ1) is 23.3. The molecule has 2 aliphatic heterocycles. The first-order chi connectivity index (χ1) is 12.9. The van der Waals surface area contributed by atoms with Crippen LogP contribution in [0.2, 0.25) is 5.02 Å². The summed E-state index contributed by atoms with van der Waals surface area (Å²) in [5, 5.41) is 7.39. The predicted molar refractivity (Wildman–Crippen MR) is 125 cm³/mol. The Bertz CT molecular complexity index is 806. The van der Waals surface area contributed by atoms with E-state index in [1.165, 1.54) is 0 Å². The van der Waals surface area contributed by atoms with Gasteiger partial charge in [-0.05, 0) is 37.0 Å². The van der Waals surface area contributed by atoms with Gasteiger partial charge in [0, 0.05) is 37.7 Å². The zero-order valence-electron chi connectivity index (χ0n) is 16.2. The summed E-state index contributed by atoms with van der Waals surface area (Å²) in [6, 6.07) is 5.88. The van der Waals surface area contributed by atoms with E-state index in [0.717, 1.165) is 37.4 Å². The number of hydrogen-bond donors (Lipinski definition) is 2. The van der Waals surface area contributed by atoms with Gasteiger partial charge < -0.3 is 20.3 Å². The lowest BCUT2D eigenvalue weighted by atomic mass is 10.1. The van der Waals surface area contributed by atoms with Crippen molar-refractivity contribution in [3.63, 3.8) is 0 Å². The number of sulfone groups is 1. The molecule has 1 aromatic rings. The highest BCUT2D eigenvalue weighted by atomic mass is 127. The van der Waals surface area contributed by atoms with Crippen molar-refractivity contribution in [1.82, 2.24) is 10.6 Å². The van der Waals surface area contributed by atoms with Crippen molar-refractivity contribution < 1.29 is 13.2 Å². The Morgan fingerprint density at radius 3 is 2.82 bits per heavy atom. The number of guanidine groups is 1. The van der Waals surface area contributed by atoms with Crippen LogP contribution in [0, 0.1) is 5.92 Å². The third-order valence-corrected chi connectivity index (χ3v) is 7.19. The number of rotatable bonds is 5. The van der Waals surface area contributed by atoms with E-state index in [4.69, 9.17) is 16.3 Å². The summed E-state index contributed by atoms with van der Waals surface area (Å²) >= 11 is 6.15. The molecule has 0 spiro atoms. The van der Waals surface area contributed by atoms with Crippen molar-refractivity contribution in [3.05, 3.63) is 23.2 Å². The molecule has 0 bridgehead atoms. The minimum absolute atomic E-state index is 0. The number of methoxy groups -OCH3 is 1. The molecule has 2 atom stereocenters. The summed E-state index contributed by atoms with van der Waals surface area (Å²) in [5.41, 5.74) is 0.994. The molecule has 10 heteroatoms. The highest BCUT2D eigenvalue weighted by Gasteiger charge is 2.29. The number of nitrogens with one attached hydrogen (secondary N) is 2. The summed E-state index contributed by atoms with van der Waals surface area (Å²) < 4.78 is 28.6. The molecule has 2 N–H and O–H groups in total. The van der Waals surface area contributed by atoms with Crippen LogP contribution in [-0.4, -0.2) is 65.7 Å². The van der Waals surface area contributed by atoms with Crippen LogP contribution in [0.3, 0.4) is 0 Å². The highest BCUT2D eigenvalue weighted by molar-refractivity contribution is 14.0. The number of hydrogen-bond acceptors (Lipinski definition) is 5. The number of nitrogens with zero attached hydrogens (tertiary/aromatic N) is 2. The molecular formula is C18H28ClIN4O3S. The van der Waals surface area contributed by atoms with E-state index < -0.39 is 9.84 Å². The highest BCUT2D eigenvalue weighted by Crippen LogP contribution is 2.33. The van der Waals surface area contributed by atoms with Gasteiger partial charge in [-0.15, -0.1) is 24.0 Å². The molecule has 7 nitrogen and oxygen atoms in total. The average Bonchev–Trinajstić information content (AvgIpc) is 3.24. The molecule has 158 valence electrons. The van der Waals surface area contributed by atoms with Crippen molar-refractivity contribution in [2.75, 3.05) is 50.2 Å². The lowest BCUT2D eigenvalue weighted by molar-refractivity contribution is 0.415. The third kappa shape index (κ3) is 6.03. The van der Waals surface area contributed by atoms with E-state index in [1.807, 2.05) is 18.2 Å². The van der Waals surface area contributed by atoms with E-state index in [0.29, 0.717) is 23.3 Å². The number of benzene rings is 1. The summed E-state index contributed by atoms with van der Waals surface area (Å²) in [4.78, 5) is 6.52. The number of aliphatic imine (C=N–C) groups is 1. The van der Waals surface area contributed by atoms with Crippen molar-refractivity contribution in [2.24, 2.45) is 10.9 Å². The topological polar surface area (TPSA) is 83.0 Å². The molecule has 2 aliphatic rings. The summed E-state index contributed by atoms with van der Waals surface area (Å²) in [6.45, 7) is 2.33. The van der Waals surface area contributed by atoms with E-state index >= 15 is 0 Å². The van der Waals surface area contributed by atoms with E-state index in [9.17, 15) is 8.42 Å². The van der Waals surface area contributed by atoms with Gasteiger partial charge in [-0.25, -0.2) is 8.42 Å². The smallest absolute Gasteiger partial charge is 0.191 e. The molecule has 2 heterocycles. The maximum atomic E-state index is 11.6. The van der Waals surface area contributed by atoms with E-state index in [-0.39, 0.29) is 41.7 Å². The zero-order valence-corrected chi connectivity index (χ0v) is 20.1. The Hall–Kier alpha value is -0.940. The van der Waals surface area contributed by atoms with E-state index in [1.54, 1.807) is 14.2 Å². The number of halogens is 2. The minimum Gasteiger partial charge on any atom is -0.495 e. The molecule has 3 rings (SSSR count). The maximum absolute atomic E-state index is 11.6. The zero-order chi connectivity index (χ0) is 19.4. The molecule has 0 aliphatic carbocycles. The van der Waals surface area contributed by atoms with Crippen molar-refractivity contribution >= 4 is 57.1 Å². The molecule has 0 amide bonds. The van der Waals surface area contributed by atoms with Crippen LogP contribution in [0.15, 0.2) is 23.2 Å². The second-order valence-corrected chi connectivity index (χ2v) is 9.78. The summed E-state index contributed by atoms with van der Waals surface area (Å²) in [6.07, 6.45) is 1.69. The van der Waals surface area contributed by atoms with Crippen LogP contribution in [0.1, 0.15) is 12.8 Å². The fraction of sp³-hybridized carbons (Fsp3) is 0.611. The Labute approximate surface area is 189 Å². The van der Waals surface area contributed by atoms with Gasteiger partial charge in [-0.2, -0.15) is 0 Å². The van der Waals surface area contributed by atoms with Crippen LogP contribution < -0.4 is 20.3 Å². The van der Waals surface area contributed by atoms with Crippen LogP contribution in [-0.2, 0) is 9.84 Å². The van der Waals surface area contributed by atoms with Crippen LogP contribution in [0.4, 0.5) is 5.69 Å². The quantitative estimate of drug-likeness (QED) is 0.337. The Morgan fingerprint density at radius 2 is 2.18 bits per heavy atom. The summed E-state index contributed by atoms with van der Waals surface area (Å²) in [5.74, 6) is 2.24. The SMILES string of the molecule is CN=C(NCC1CCS(=O)(=O)C1)NC1CCN(c2cc(Cl)ccc2OC)C1.I. The molecule has 2 saturated heterocycles. The van der Waals surface area contributed by atoms with Gasteiger partial charge in [0.15, 0.2) is 15.8 Å². The molecule has 28 heavy (non-hydrogen) atoms. The lowest BCUT2D eigenvalue weighted by Gasteiger charge is -2.22. The maximum Gasteiger partial charge on any atom is 0.191 e. The first-order valence-electron chi connectivity index (χ1n) is 9.16. The fourth-order valence-electron chi connectivity index (χ4n) is 3.67. The number of anilines is 1. The van der Waals surface area contributed by atoms with Crippen LogP contribution in [0.5, 0.6) is 5.75 Å². The van der Waals surface area contributed by atoms with Crippen molar-refractivity contribution in [1.29, 1.82) is 0 Å². The average molecular weight is 543 g/mol. The standard InChI is InChI=1S/C18H27ClN4O3S.HI/c1-20-18(21-10-13-6-8-27(24,25)12-13)22-15-5-7-23(11-15)16-9-14(19)3-4-17(16)26-2;/h3-4,9,13,15H,5-8,10-12H2,1-2H3,(H2,20,21,22);1H. The lowest BCUT2D eigenvalue weighted by Crippen LogP contribution is -2.46. The second-order valence-electron chi connectivity index (χ2n) is 7.11. The van der Waals surface area contributed by atoms with Gasteiger partial charge in [0.05, 0.1) is 24.3 Å².